The van der Waals surface area contributed by atoms with Crippen molar-refractivity contribution < 1.29 is 14.4 Å². The SMILES string of the molecule is NCCNC(=O)C1N(C(=O)Cc2ccccc2)CCN1C(=O)c1ccc(Cl)c(Cl)c1. The molecule has 0 spiro atoms. The summed E-state index contributed by atoms with van der Waals surface area (Å²) >= 11 is 12.0. The fraction of sp³-hybridized carbons (Fsp3) is 0.286. The first-order chi connectivity index (χ1) is 14.4. The molecule has 1 fully saturated rings. The molecule has 0 radical (unpaired) electrons. The molecule has 2 aromatic rings. The van der Waals surface area contributed by atoms with Gasteiger partial charge in [0.05, 0.1) is 16.5 Å². The van der Waals surface area contributed by atoms with Gasteiger partial charge in [-0.1, -0.05) is 53.5 Å². The molecule has 0 aromatic heterocycles. The largest absolute Gasteiger partial charge is 0.351 e. The van der Waals surface area contributed by atoms with Gasteiger partial charge in [-0.3, -0.25) is 14.4 Å². The summed E-state index contributed by atoms with van der Waals surface area (Å²) in [5.41, 5.74) is 6.61. The zero-order chi connectivity index (χ0) is 21.7. The lowest BCUT2D eigenvalue weighted by molar-refractivity contribution is -0.140. The lowest BCUT2D eigenvalue weighted by Gasteiger charge is -2.29. The number of halogens is 2. The van der Waals surface area contributed by atoms with Gasteiger partial charge in [0.2, 0.25) is 5.91 Å². The number of hydrogen-bond donors (Lipinski definition) is 2. The molecule has 3 rings (SSSR count). The number of nitrogens with two attached hydrogens (primary N) is 1. The zero-order valence-corrected chi connectivity index (χ0v) is 17.7. The van der Waals surface area contributed by atoms with Gasteiger partial charge < -0.3 is 20.9 Å². The molecule has 0 bridgehead atoms. The highest BCUT2D eigenvalue weighted by Gasteiger charge is 2.42. The van der Waals surface area contributed by atoms with Crippen molar-refractivity contribution in [3.05, 3.63) is 69.7 Å². The topological polar surface area (TPSA) is 95.7 Å². The van der Waals surface area contributed by atoms with Crippen LogP contribution in [0.1, 0.15) is 15.9 Å². The Kier molecular flexibility index (Phi) is 7.31. The Morgan fingerprint density at radius 1 is 1.00 bits per heavy atom. The second-order valence-electron chi connectivity index (χ2n) is 6.83. The second-order valence-corrected chi connectivity index (χ2v) is 7.64. The lowest BCUT2D eigenvalue weighted by atomic mass is 10.1. The minimum atomic E-state index is -1.06. The van der Waals surface area contributed by atoms with E-state index in [-0.39, 0.29) is 43.5 Å². The molecule has 1 unspecified atom stereocenters. The molecule has 1 aliphatic rings. The Morgan fingerprint density at radius 3 is 2.37 bits per heavy atom. The molecule has 0 saturated carbocycles. The molecule has 30 heavy (non-hydrogen) atoms. The predicted octanol–water partition coefficient (Wildman–Crippen LogP) is 1.92. The first-order valence-corrected chi connectivity index (χ1v) is 10.2. The molecule has 7 nitrogen and oxygen atoms in total. The van der Waals surface area contributed by atoms with Gasteiger partial charge in [0.15, 0.2) is 6.17 Å². The highest BCUT2D eigenvalue weighted by molar-refractivity contribution is 6.42. The maximum Gasteiger partial charge on any atom is 0.263 e. The van der Waals surface area contributed by atoms with Crippen LogP contribution in [0.2, 0.25) is 10.0 Å². The van der Waals surface area contributed by atoms with Gasteiger partial charge in [0.1, 0.15) is 0 Å². The summed E-state index contributed by atoms with van der Waals surface area (Å²) < 4.78 is 0. The Hall–Kier alpha value is -2.61. The summed E-state index contributed by atoms with van der Waals surface area (Å²) in [7, 11) is 0. The Morgan fingerprint density at radius 2 is 1.70 bits per heavy atom. The van der Waals surface area contributed by atoms with Crippen molar-refractivity contribution in [1.29, 1.82) is 0 Å². The van der Waals surface area contributed by atoms with E-state index >= 15 is 0 Å². The summed E-state index contributed by atoms with van der Waals surface area (Å²) in [6.45, 7) is 0.960. The molecule has 9 heteroatoms. The molecule has 158 valence electrons. The average Bonchev–Trinajstić information content (AvgIpc) is 3.19. The number of rotatable bonds is 6. The molecule has 2 aromatic carbocycles. The lowest BCUT2D eigenvalue weighted by Crippen LogP contribution is -2.54. The van der Waals surface area contributed by atoms with Crippen LogP contribution in [0.5, 0.6) is 0 Å². The molecule has 0 aliphatic carbocycles. The molecular formula is C21H22Cl2N4O3. The Bertz CT molecular complexity index is 939. The van der Waals surface area contributed by atoms with E-state index in [1.165, 1.54) is 21.9 Å². The smallest absolute Gasteiger partial charge is 0.263 e. The average molecular weight is 449 g/mol. The van der Waals surface area contributed by atoms with Gasteiger partial charge in [0, 0.05) is 31.7 Å². The van der Waals surface area contributed by atoms with Crippen LogP contribution in [0.15, 0.2) is 48.5 Å². The van der Waals surface area contributed by atoms with Crippen molar-refractivity contribution in [2.75, 3.05) is 26.2 Å². The maximum absolute atomic E-state index is 13.1. The third-order valence-corrected chi connectivity index (χ3v) is 5.54. The van der Waals surface area contributed by atoms with Gasteiger partial charge in [-0.2, -0.15) is 0 Å². The van der Waals surface area contributed by atoms with E-state index in [1.54, 1.807) is 6.07 Å². The first-order valence-electron chi connectivity index (χ1n) is 9.49. The van der Waals surface area contributed by atoms with Gasteiger partial charge in [0.25, 0.3) is 11.8 Å². The van der Waals surface area contributed by atoms with Gasteiger partial charge in [-0.15, -0.1) is 0 Å². The van der Waals surface area contributed by atoms with Crippen molar-refractivity contribution in [2.24, 2.45) is 5.73 Å². The fourth-order valence-electron chi connectivity index (χ4n) is 3.34. The van der Waals surface area contributed by atoms with Gasteiger partial charge in [-0.05, 0) is 23.8 Å². The summed E-state index contributed by atoms with van der Waals surface area (Å²) in [6.07, 6.45) is -0.925. The molecule has 1 atom stereocenters. The molecule has 3 amide bonds. The number of hydrogen-bond acceptors (Lipinski definition) is 4. The fourth-order valence-corrected chi connectivity index (χ4v) is 3.64. The summed E-state index contributed by atoms with van der Waals surface area (Å²) in [4.78, 5) is 41.7. The molecule has 1 saturated heterocycles. The van der Waals surface area contributed by atoms with Crippen LogP contribution >= 0.6 is 23.2 Å². The predicted molar refractivity (Wildman–Crippen MR) is 115 cm³/mol. The normalized spacial score (nSPS) is 15.9. The van der Waals surface area contributed by atoms with Crippen molar-refractivity contribution in [3.8, 4) is 0 Å². The summed E-state index contributed by atoms with van der Waals surface area (Å²) in [5, 5.41) is 3.25. The number of benzene rings is 2. The van der Waals surface area contributed by atoms with Crippen molar-refractivity contribution in [3.63, 3.8) is 0 Å². The molecule has 1 aliphatic heterocycles. The van der Waals surface area contributed by atoms with Crippen molar-refractivity contribution in [1.82, 2.24) is 15.1 Å². The number of carbonyl (C=O) groups excluding carboxylic acids is 3. The van der Waals surface area contributed by atoms with Crippen LogP contribution in [0.25, 0.3) is 0 Å². The van der Waals surface area contributed by atoms with Crippen LogP contribution < -0.4 is 11.1 Å². The van der Waals surface area contributed by atoms with E-state index in [9.17, 15) is 14.4 Å². The summed E-state index contributed by atoms with van der Waals surface area (Å²) in [6, 6.07) is 13.8. The number of amides is 3. The maximum atomic E-state index is 13.1. The minimum absolute atomic E-state index is 0.135. The first kappa shape index (κ1) is 22.1. The van der Waals surface area contributed by atoms with Crippen LogP contribution in [-0.4, -0.2) is 59.9 Å². The standard InChI is InChI=1S/C21H22Cl2N4O3/c22-16-7-6-15(13-17(16)23)21(30)27-11-10-26(20(27)19(29)25-9-8-24)18(28)12-14-4-2-1-3-5-14/h1-7,13,20H,8-12,24H2,(H,25,29). The quantitative estimate of drug-likeness (QED) is 0.705. The van der Waals surface area contributed by atoms with Crippen LogP contribution in [0.4, 0.5) is 0 Å². The van der Waals surface area contributed by atoms with Crippen LogP contribution in [0, 0.1) is 0 Å². The second kappa shape index (κ2) is 9.93. The highest BCUT2D eigenvalue weighted by atomic mass is 35.5. The Labute approximate surface area is 184 Å². The monoisotopic (exact) mass is 448 g/mol. The van der Waals surface area contributed by atoms with Gasteiger partial charge in [-0.25, -0.2) is 0 Å². The van der Waals surface area contributed by atoms with E-state index in [4.69, 9.17) is 28.9 Å². The minimum Gasteiger partial charge on any atom is -0.351 e. The van der Waals surface area contributed by atoms with E-state index in [1.807, 2.05) is 30.3 Å². The number of nitrogens with zero attached hydrogens (tertiary/aromatic N) is 2. The third-order valence-electron chi connectivity index (χ3n) is 4.80. The molecule has 3 N–H and O–H groups in total. The number of nitrogens with one attached hydrogen (secondary N) is 1. The van der Waals surface area contributed by atoms with E-state index in [0.717, 1.165) is 5.56 Å². The Balaban J connectivity index is 1.85. The third kappa shape index (κ3) is 4.92. The van der Waals surface area contributed by atoms with Crippen molar-refractivity contribution in [2.45, 2.75) is 12.6 Å². The number of carbonyl (C=O) groups is 3. The highest BCUT2D eigenvalue weighted by Crippen LogP contribution is 2.25. The van der Waals surface area contributed by atoms with Crippen LogP contribution in [-0.2, 0) is 16.0 Å². The van der Waals surface area contributed by atoms with E-state index in [2.05, 4.69) is 5.32 Å². The molecule has 1 heterocycles. The zero-order valence-electron chi connectivity index (χ0n) is 16.2. The van der Waals surface area contributed by atoms with E-state index in [0.29, 0.717) is 10.6 Å². The van der Waals surface area contributed by atoms with Crippen molar-refractivity contribution >= 4 is 40.9 Å². The summed E-state index contributed by atoms with van der Waals surface area (Å²) in [5.74, 6) is -1.09. The van der Waals surface area contributed by atoms with Crippen LogP contribution in [0.3, 0.4) is 0 Å². The van der Waals surface area contributed by atoms with Gasteiger partial charge >= 0.3 is 0 Å². The van der Waals surface area contributed by atoms with E-state index < -0.39 is 18.0 Å². The molecular weight excluding hydrogens is 427 g/mol.